The third-order valence-corrected chi connectivity index (χ3v) is 3.68. The van der Waals surface area contributed by atoms with Crippen molar-refractivity contribution in [3.63, 3.8) is 0 Å². The van der Waals surface area contributed by atoms with Crippen LogP contribution in [0.15, 0.2) is 5.18 Å². The third-order valence-electron chi connectivity index (χ3n) is 3.68. The molecule has 1 atom stereocenters. The summed E-state index contributed by atoms with van der Waals surface area (Å²) in [7, 11) is 0. The van der Waals surface area contributed by atoms with Gasteiger partial charge in [-0.25, -0.2) is 0 Å². The number of fused-ring (bicyclic) bond motifs is 5. The maximum absolute atomic E-state index is 10.6. The largest absolute Gasteiger partial charge is 0.151 e. The second-order valence-electron chi connectivity index (χ2n) is 4.38. The van der Waals surface area contributed by atoms with Crippen LogP contribution < -0.4 is 0 Å². The molecule has 2 bridgehead atoms. The number of nitroso groups, excluding NO2 is 1. The first kappa shape index (κ1) is 8.21. The zero-order valence-electron chi connectivity index (χ0n) is 7.54. The Bertz CT molecular complexity index is 158. The number of hydrogen-bond acceptors (Lipinski definition) is 2. The summed E-state index contributed by atoms with van der Waals surface area (Å²) >= 11 is 0. The predicted molar refractivity (Wildman–Crippen MR) is 48.9 cm³/mol. The van der Waals surface area contributed by atoms with Crippen molar-refractivity contribution in [1.82, 2.24) is 0 Å². The highest BCUT2D eigenvalue weighted by Crippen LogP contribution is 2.38. The van der Waals surface area contributed by atoms with E-state index in [1.54, 1.807) is 0 Å². The molecule has 68 valence electrons. The molecule has 2 nitrogen and oxygen atoms in total. The lowest BCUT2D eigenvalue weighted by Gasteiger charge is -2.34. The van der Waals surface area contributed by atoms with Crippen LogP contribution in [0.25, 0.3) is 0 Å². The fraction of sp³-hybridized carbons (Fsp3) is 1.00. The van der Waals surface area contributed by atoms with Crippen LogP contribution in [0.1, 0.15) is 44.9 Å². The molecule has 0 aliphatic heterocycles. The molecule has 0 aromatic carbocycles. The first-order valence-electron chi connectivity index (χ1n) is 5.22. The Hall–Kier alpha value is -0.400. The third kappa shape index (κ3) is 1.52. The minimum absolute atomic E-state index is 0.159. The minimum atomic E-state index is 0.159. The molecule has 3 aliphatic carbocycles. The normalized spacial score (nSPS) is 41.8. The highest BCUT2D eigenvalue weighted by atomic mass is 16.3. The molecule has 0 aromatic rings. The summed E-state index contributed by atoms with van der Waals surface area (Å²) in [5.74, 6) is 1.62. The number of hydrogen-bond donors (Lipinski definition) is 0. The lowest BCUT2D eigenvalue weighted by atomic mass is 9.73. The van der Waals surface area contributed by atoms with E-state index in [-0.39, 0.29) is 6.04 Å². The van der Waals surface area contributed by atoms with Gasteiger partial charge in [0.2, 0.25) is 0 Å². The first-order chi connectivity index (χ1) is 5.90. The summed E-state index contributed by atoms with van der Waals surface area (Å²) in [5.41, 5.74) is 0. The Balaban J connectivity index is 2.03. The van der Waals surface area contributed by atoms with E-state index in [2.05, 4.69) is 5.18 Å². The van der Waals surface area contributed by atoms with E-state index >= 15 is 0 Å². The van der Waals surface area contributed by atoms with E-state index in [0.29, 0.717) is 5.92 Å². The van der Waals surface area contributed by atoms with Crippen molar-refractivity contribution in [2.45, 2.75) is 51.0 Å². The van der Waals surface area contributed by atoms with Crippen LogP contribution in [0.5, 0.6) is 0 Å². The van der Waals surface area contributed by atoms with Crippen molar-refractivity contribution < 1.29 is 0 Å². The van der Waals surface area contributed by atoms with Gasteiger partial charge in [0.05, 0.1) is 6.04 Å². The summed E-state index contributed by atoms with van der Waals surface area (Å²) in [6.07, 6.45) is 8.89. The summed E-state index contributed by atoms with van der Waals surface area (Å²) in [5, 5.41) is 3.28. The summed E-state index contributed by atoms with van der Waals surface area (Å²) in [4.78, 5) is 10.6. The predicted octanol–water partition coefficient (Wildman–Crippen LogP) is 3.11. The fourth-order valence-electron chi connectivity index (χ4n) is 2.85. The second kappa shape index (κ2) is 3.55. The lowest BCUT2D eigenvalue weighted by molar-refractivity contribution is 0.195. The molecule has 3 saturated carbocycles. The Labute approximate surface area is 73.7 Å². The minimum Gasteiger partial charge on any atom is -0.151 e. The van der Waals surface area contributed by atoms with E-state index in [4.69, 9.17) is 0 Å². The van der Waals surface area contributed by atoms with Crippen molar-refractivity contribution >= 4 is 0 Å². The van der Waals surface area contributed by atoms with Gasteiger partial charge in [0.25, 0.3) is 0 Å². The average Bonchev–Trinajstić information content (AvgIpc) is 2.06. The summed E-state index contributed by atoms with van der Waals surface area (Å²) in [6, 6.07) is 0.159. The Morgan fingerprint density at radius 1 is 0.917 bits per heavy atom. The van der Waals surface area contributed by atoms with Gasteiger partial charge in [0.1, 0.15) is 0 Å². The highest BCUT2D eigenvalue weighted by Gasteiger charge is 2.30. The molecular weight excluding hydrogens is 150 g/mol. The summed E-state index contributed by atoms with van der Waals surface area (Å²) < 4.78 is 0. The SMILES string of the molecule is O=NC1CCCC2CCC1CC2. The second-order valence-corrected chi connectivity index (χ2v) is 4.38. The van der Waals surface area contributed by atoms with Gasteiger partial charge in [-0.05, 0) is 31.1 Å². The molecule has 0 spiro atoms. The molecule has 1 unspecified atom stereocenters. The Morgan fingerprint density at radius 2 is 1.67 bits per heavy atom. The van der Waals surface area contributed by atoms with Crippen molar-refractivity contribution in [1.29, 1.82) is 0 Å². The summed E-state index contributed by atoms with van der Waals surface area (Å²) in [6.45, 7) is 0. The monoisotopic (exact) mass is 167 g/mol. The highest BCUT2D eigenvalue weighted by molar-refractivity contribution is 4.84. The van der Waals surface area contributed by atoms with Gasteiger partial charge in [-0.3, -0.25) is 0 Å². The maximum atomic E-state index is 10.6. The van der Waals surface area contributed by atoms with Crippen LogP contribution in [-0.4, -0.2) is 6.04 Å². The van der Waals surface area contributed by atoms with Crippen molar-refractivity contribution in [2.24, 2.45) is 17.0 Å². The van der Waals surface area contributed by atoms with Crippen LogP contribution >= 0.6 is 0 Å². The van der Waals surface area contributed by atoms with Gasteiger partial charge in [-0.15, -0.1) is 0 Å². The van der Waals surface area contributed by atoms with Gasteiger partial charge in [-0.2, -0.15) is 4.91 Å². The number of rotatable bonds is 1. The Kier molecular flexibility index (Phi) is 2.43. The van der Waals surface area contributed by atoms with Crippen LogP contribution in [0.3, 0.4) is 0 Å². The van der Waals surface area contributed by atoms with Crippen LogP contribution in [0, 0.1) is 16.7 Å². The average molecular weight is 167 g/mol. The molecule has 0 saturated heterocycles. The zero-order chi connectivity index (χ0) is 8.39. The van der Waals surface area contributed by atoms with Gasteiger partial charge < -0.3 is 0 Å². The molecule has 0 aromatic heterocycles. The molecule has 3 rings (SSSR count). The molecule has 2 heteroatoms. The molecule has 0 N–H and O–H groups in total. The van der Waals surface area contributed by atoms with Gasteiger partial charge in [0.15, 0.2) is 0 Å². The Morgan fingerprint density at radius 3 is 2.33 bits per heavy atom. The van der Waals surface area contributed by atoms with E-state index in [9.17, 15) is 4.91 Å². The van der Waals surface area contributed by atoms with Gasteiger partial charge >= 0.3 is 0 Å². The van der Waals surface area contributed by atoms with E-state index < -0.39 is 0 Å². The molecule has 3 fully saturated rings. The van der Waals surface area contributed by atoms with Crippen LogP contribution in [0.2, 0.25) is 0 Å². The van der Waals surface area contributed by atoms with E-state index in [1.807, 2.05) is 0 Å². The fourth-order valence-corrected chi connectivity index (χ4v) is 2.85. The van der Waals surface area contributed by atoms with Crippen molar-refractivity contribution in [2.75, 3.05) is 0 Å². The van der Waals surface area contributed by atoms with E-state index in [0.717, 1.165) is 12.3 Å². The smallest absolute Gasteiger partial charge is 0.0947 e. The molecule has 0 radical (unpaired) electrons. The number of nitrogens with zero attached hydrogens (tertiary/aromatic N) is 1. The van der Waals surface area contributed by atoms with Crippen LogP contribution in [-0.2, 0) is 0 Å². The lowest BCUT2D eigenvalue weighted by Crippen LogP contribution is -2.27. The van der Waals surface area contributed by atoms with Crippen molar-refractivity contribution in [3.8, 4) is 0 Å². The molecule has 3 aliphatic rings. The quantitative estimate of drug-likeness (QED) is 0.552. The topological polar surface area (TPSA) is 29.4 Å². The molecular formula is C10H17NO. The molecule has 12 heavy (non-hydrogen) atoms. The molecule has 0 amide bonds. The zero-order valence-corrected chi connectivity index (χ0v) is 7.54. The first-order valence-corrected chi connectivity index (χ1v) is 5.22. The van der Waals surface area contributed by atoms with E-state index in [1.165, 1.54) is 38.5 Å². The molecule has 0 heterocycles. The van der Waals surface area contributed by atoms with Gasteiger partial charge in [0, 0.05) is 0 Å². The van der Waals surface area contributed by atoms with Crippen molar-refractivity contribution in [3.05, 3.63) is 4.91 Å². The van der Waals surface area contributed by atoms with Crippen LogP contribution in [0.4, 0.5) is 0 Å². The van der Waals surface area contributed by atoms with Gasteiger partial charge in [-0.1, -0.05) is 30.9 Å². The standard InChI is InChI=1S/C10H17NO/c12-11-10-3-1-2-8-4-6-9(10)7-5-8/h8-10H,1-7H2. The maximum Gasteiger partial charge on any atom is 0.0947 e.